The van der Waals surface area contributed by atoms with E-state index in [-0.39, 0.29) is 0 Å². The molecular weight excluding hydrogens is 272 g/mol. The maximum absolute atomic E-state index is 11.6. The highest BCUT2D eigenvalue weighted by atomic mass is 16.3. The largest absolute Gasteiger partial charge is 0.385 e. The Hall–Kier alpha value is -1.35. The van der Waals surface area contributed by atoms with Gasteiger partial charge in [0.05, 0.1) is 11.9 Å². The minimum absolute atomic E-state index is 0.394. The molecular formula is C19H28N2O. The number of rotatable bonds is 5. The fraction of sp³-hybridized carbons (Fsp3) is 0.632. The van der Waals surface area contributed by atoms with E-state index in [4.69, 9.17) is 0 Å². The van der Waals surface area contributed by atoms with Crippen molar-refractivity contribution >= 4 is 6.34 Å². The van der Waals surface area contributed by atoms with Gasteiger partial charge in [0.15, 0.2) is 0 Å². The molecule has 1 fully saturated rings. The molecule has 0 saturated heterocycles. The molecule has 0 bridgehead atoms. The Morgan fingerprint density at radius 1 is 1.09 bits per heavy atom. The second kappa shape index (κ2) is 7.28. The first-order valence-corrected chi connectivity index (χ1v) is 8.81. The van der Waals surface area contributed by atoms with Crippen molar-refractivity contribution in [3.63, 3.8) is 0 Å². The average Bonchev–Trinajstić information content (AvgIpc) is 2.62. The number of nitrogens with zero attached hydrogens (tertiary/aromatic N) is 2. The van der Waals surface area contributed by atoms with Crippen LogP contribution in [0.2, 0.25) is 0 Å². The van der Waals surface area contributed by atoms with Gasteiger partial charge in [-0.05, 0) is 37.2 Å². The van der Waals surface area contributed by atoms with Gasteiger partial charge in [-0.3, -0.25) is 4.99 Å². The Bertz CT molecular complexity index is 481. The normalized spacial score (nSPS) is 22.5. The predicted molar refractivity (Wildman–Crippen MR) is 91.1 cm³/mol. The third kappa shape index (κ3) is 3.52. The molecule has 1 aliphatic carbocycles. The second-order valence-electron chi connectivity index (χ2n) is 6.79. The van der Waals surface area contributed by atoms with Crippen LogP contribution in [0, 0.1) is 5.92 Å². The van der Waals surface area contributed by atoms with Gasteiger partial charge in [0.1, 0.15) is 0 Å². The molecule has 1 aromatic carbocycles. The molecule has 1 aromatic rings. The van der Waals surface area contributed by atoms with Crippen LogP contribution in [0.15, 0.2) is 35.3 Å². The summed E-state index contributed by atoms with van der Waals surface area (Å²) in [4.78, 5) is 6.63. The van der Waals surface area contributed by atoms with E-state index in [9.17, 15) is 5.11 Å². The zero-order valence-electron chi connectivity index (χ0n) is 13.5. The number of hydrogen-bond acceptors (Lipinski definition) is 3. The number of aliphatic hydroxyl groups is 1. The predicted octanol–water partition coefficient (Wildman–Crippen LogP) is 3.58. The van der Waals surface area contributed by atoms with Crippen molar-refractivity contribution < 1.29 is 5.11 Å². The summed E-state index contributed by atoms with van der Waals surface area (Å²) in [6, 6.07) is 10.3. The first-order valence-electron chi connectivity index (χ1n) is 8.81. The Balaban J connectivity index is 1.76. The van der Waals surface area contributed by atoms with Gasteiger partial charge in [0.25, 0.3) is 0 Å². The van der Waals surface area contributed by atoms with Gasteiger partial charge in [-0.2, -0.15) is 0 Å². The number of benzene rings is 1. The fourth-order valence-electron chi connectivity index (χ4n) is 3.97. The van der Waals surface area contributed by atoms with Crippen molar-refractivity contribution in [1.82, 2.24) is 4.90 Å². The van der Waals surface area contributed by atoms with Crippen molar-refractivity contribution in [3.8, 4) is 0 Å². The summed E-state index contributed by atoms with van der Waals surface area (Å²) >= 11 is 0. The van der Waals surface area contributed by atoms with Crippen molar-refractivity contribution in [2.75, 3.05) is 19.6 Å². The molecule has 22 heavy (non-hydrogen) atoms. The Morgan fingerprint density at radius 2 is 1.86 bits per heavy atom. The van der Waals surface area contributed by atoms with Crippen LogP contribution in [0.3, 0.4) is 0 Å². The molecule has 0 spiro atoms. The fourth-order valence-corrected chi connectivity index (χ4v) is 3.97. The highest BCUT2D eigenvalue weighted by Gasteiger charge is 2.38. The second-order valence-corrected chi connectivity index (χ2v) is 6.79. The number of hydrogen-bond donors (Lipinski definition) is 1. The van der Waals surface area contributed by atoms with Crippen LogP contribution in [0.4, 0.5) is 0 Å². The van der Waals surface area contributed by atoms with E-state index < -0.39 is 5.60 Å². The van der Waals surface area contributed by atoms with Crippen LogP contribution in [0.25, 0.3) is 0 Å². The first-order chi connectivity index (χ1) is 10.8. The lowest BCUT2D eigenvalue weighted by Gasteiger charge is -2.40. The molecule has 1 heterocycles. The summed E-state index contributed by atoms with van der Waals surface area (Å²) in [6.07, 6.45) is 10.0. The summed E-state index contributed by atoms with van der Waals surface area (Å²) in [5.74, 6) is 0.394. The van der Waals surface area contributed by atoms with E-state index in [1.807, 2.05) is 24.5 Å². The highest BCUT2D eigenvalue weighted by molar-refractivity contribution is 5.55. The Morgan fingerprint density at radius 3 is 2.55 bits per heavy atom. The van der Waals surface area contributed by atoms with E-state index in [0.29, 0.717) is 5.92 Å². The molecule has 0 aromatic heterocycles. The molecule has 0 radical (unpaired) electrons. The maximum atomic E-state index is 11.6. The van der Waals surface area contributed by atoms with E-state index in [0.717, 1.165) is 50.9 Å². The third-order valence-corrected chi connectivity index (χ3v) is 5.31. The van der Waals surface area contributed by atoms with Gasteiger partial charge in [-0.25, -0.2) is 0 Å². The number of aliphatic imine (C=N–C) groups is 1. The van der Waals surface area contributed by atoms with Gasteiger partial charge in [0, 0.05) is 19.6 Å². The van der Waals surface area contributed by atoms with Crippen LogP contribution >= 0.6 is 0 Å². The Kier molecular flexibility index (Phi) is 5.14. The van der Waals surface area contributed by atoms with Gasteiger partial charge >= 0.3 is 0 Å². The molecule has 0 amide bonds. The molecule has 1 unspecified atom stereocenters. The van der Waals surface area contributed by atoms with Crippen LogP contribution in [-0.2, 0) is 5.60 Å². The average molecular weight is 300 g/mol. The minimum Gasteiger partial charge on any atom is -0.385 e. The summed E-state index contributed by atoms with van der Waals surface area (Å²) in [5, 5.41) is 11.6. The van der Waals surface area contributed by atoms with Crippen molar-refractivity contribution in [2.45, 2.75) is 50.5 Å². The molecule has 2 aliphatic rings. The maximum Gasteiger partial charge on any atom is 0.0941 e. The van der Waals surface area contributed by atoms with E-state index >= 15 is 0 Å². The summed E-state index contributed by atoms with van der Waals surface area (Å²) in [7, 11) is 0. The molecule has 3 nitrogen and oxygen atoms in total. The lowest BCUT2D eigenvalue weighted by molar-refractivity contribution is -0.0491. The molecule has 3 heteroatoms. The van der Waals surface area contributed by atoms with E-state index in [1.54, 1.807) is 0 Å². The molecule has 1 aliphatic heterocycles. The van der Waals surface area contributed by atoms with Crippen LogP contribution in [0.5, 0.6) is 0 Å². The monoisotopic (exact) mass is 300 g/mol. The topological polar surface area (TPSA) is 35.8 Å². The van der Waals surface area contributed by atoms with Crippen molar-refractivity contribution in [2.24, 2.45) is 10.9 Å². The molecule has 3 rings (SSSR count). The zero-order valence-corrected chi connectivity index (χ0v) is 13.5. The zero-order chi connectivity index (χ0) is 15.3. The molecule has 1 atom stereocenters. The SMILES string of the molecule is OC(CCN1C=NCCC1)(c1ccccc1)C1CCCCC1. The highest BCUT2D eigenvalue weighted by Crippen LogP contribution is 2.41. The lowest BCUT2D eigenvalue weighted by atomic mass is 9.71. The smallest absolute Gasteiger partial charge is 0.0941 e. The van der Waals surface area contributed by atoms with E-state index in [1.165, 1.54) is 19.3 Å². The van der Waals surface area contributed by atoms with Gasteiger partial charge in [-0.15, -0.1) is 0 Å². The van der Waals surface area contributed by atoms with Crippen molar-refractivity contribution in [3.05, 3.63) is 35.9 Å². The van der Waals surface area contributed by atoms with Crippen LogP contribution in [-0.4, -0.2) is 36.0 Å². The van der Waals surface area contributed by atoms with Gasteiger partial charge in [0.2, 0.25) is 0 Å². The first kappa shape index (κ1) is 15.5. The van der Waals surface area contributed by atoms with Gasteiger partial charge in [-0.1, -0.05) is 49.6 Å². The molecule has 120 valence electrons. The third-order valence-electron chi connectivity index (χ3n) is 5.31. The minimum atomic E-state index is -0.688. The standard InChI is InChI=1S/C19H28N2O/c22-19(17-8-3-1-4-9-17,18-10-5-2-6-11-18)12-15-21-14-7-13-20-16-21/h1,3-4,8-9,16,18,22H,2,5-7,10-15H2. The van der Waals surface area contributed by atoms with E-state index in [2.05, 4.69) is 22.0 Å². The van der Waals surface area contributed by atoms with Crippen molar-refractivity contribution in [1.29, 1.82) is 0 Å². The summed E-state index contributed by atoms with van der Waals surface area (Å²) in [6.45, 7) is 2.91. The summed E-state index contributed by atoms with van der Waals surface area (Å²) < 4.78 is 0. The Labute approximate surface area is 134 Å². The van der Waals surface area contributed by atoms with Crippen LogP contribution < -0.4 is 0 Å². The molecule has 1 saturated carbocycles. The van der Waals surface area contributed by atoms with Crippen LogP contribution in [0.1, 0.15) is 50.5 Å². The lowest BCUT2D eigenvalue weighted by Crippen LogP contribution is -2.40. The quantitative estimate of drug-likeness (QED) is 0.902. The molecule has 1 N–H and O–H groups in total. The summed E-state index contributed by atoms with van der Waals surface area (Å²) in [5.41, 5.74) is 0.406. The van der Waals surface area contributed by atoms with Gasteiger partial charge < -0.3 is 10.0 Å².